The molecule has 0 aromatic heterocycles. The number of carbonyl (C=O) groups is 2. The maximum atomic E-state index is 12.3. The molecule has 6 heteroatoms. The molecule has 0 unspecified atom stereocenters. The molecule has 0 bridgehead atoms. The third kappa shape index (κ3) is 6.75. The van der Waals surface area contributed by atoms with Crippen molar-refractivity contribution in [1.29, 1.82) is 0 Å². The third-order valence-electron chi connectivity index (χ3n) is 5.72. The molecular formula is C30H32O6. The molecule has 3 rings (SSSR count). The summed E-state index contributed by atoms with van der Waals surface area (Å²) in [6.07, 6.45) is -0.840. The normalized spacial score (nSPS) is 11.1. The van der Waals surface area contributed by atoms with E-state index in [-0.39, 0.29) is 17.3 Å². The Morgan fingerprint density at radius 3 is 1.86 bits per heavy atom. The molecule has 0 saturated carbocycles. The van der Waals surface area contributed by atoms with Crippen LogP contribution in [-0.2, 0) is 14.9 Å². The fraction of sp³-hybridized carbons (Fsp3) is 0.267. The standard InChI is InChI=1S/C30H32O6/c1-7-33-21(4)22-9-8-10-27(19-22)36-29(32)35-26-17-13-24(14-18-26)30(5,6)23-11-15-25(16-12-23)34-28(31)20(2)3/h8-20H,4,7H2,1-3,5-6H3. The van der Waals surface area contributed by atoms with E-state index < -0.39 is 6.16 Å². The van der Waals surface area contributed by atoms with Crippen LogP contribution in [0.4, 0.5) is 4.79 Å². The zero-order valence-corrected chi connectivity index (χ0v) is 21.4. The number of ether oxygens (including phenoxy) is 4. The average Bonchev–Trinajstić information content (AvgIpc) is 2.85. The van der Waals surface area contributed by atoms with Crippen LogP contribution < -0.4 is 14.2 Å². The van der Waals surface area contributed by atoms with Crippen molar-refractivity contribution < 1.29 is 28.5 Å². The molecule has 0 N–H and O–H groups in total. The number of hydrogen-bond donors (Lipinski definition) is 0. The lowest BCUT2D eigenvalue weighted by Gasteiger charge is -2.26. The summed E-state index contributed by atoms with van der Waals surface area (Å²) in [6, 6.07) is 21.6. The van der Waals surface area contributed by atoms with Gasteiger partial charge >= 0.3 is 12.1 Å². The van der Waals surface area contributed by atoms with Gasteiger partial charge in [0.15, 0.2) is 0 Å². The Morgan fingerprint density at radius 1 is 0.806 bits per heavy atom. The molecule has 0 heterocycles. The second kappa shape index (κ2) is 11.6. The van der Waals surface area contributed by atoms with E-state index in [1.54, 1.807) is 56.3 Å². The Morgan fingerprint density at radius 2 is 1.33 bits per heavy atom. The molecule has 0 aliphatic heterocycles. The molecule has 3 aromatic carbocycles. The van der Waals surface area contributed by atoms with Gasteiger partial charge in [0.05, 0.1) is 12.5 Å². The van der Waals surface area contributed by atoms with Gasteiger partial charge in [-0.2, -0.15) is 0 Å². The highest BCUT2D eigenvalue weighted by atomic mass is 16.7. The third-order valence-corrected chi connectivity index (χ3v) is 5.72. The Kier molecular flexibility index (Phi) is 8.54. The summed E-state index contributed by atoms with van der Waals surface area (Å²) in [5, 5.41) is 0. The lowest BCUT2D eigenvalue weighted by Crippen LogP contribution is -2.19. The SMILES string of the molecule is C=C(OCC)c1cccc(OC(=O)Oc2ccc(C(C)(C)c3ccc(OC(=O)C(C)C)cc3)cc2)c1. The van der Waals surface area contributed by atoms with Crippen LogP contribution in [0, 0.1) is 5.92 Å². The maximum Gasteiger partial charge on any atom is 0.519 e. The van der Waals surface area contributed by atoms with E-state index >= 15 is 0 Å². The molecule has 0 saturated heterocycles. The van der Waals surface area contributed by atoms with E-state index in [1.807, 2.05) is 37.3 Å². The van der Waals surface area contributed by atoms with E-state index in [0.29, 0.717) is 29.6 Å². The van der Waals surface area contributed by atoms with Crippen LogP contribution in [0.2, 0.25) is 0 Å². The van der Waals surface area contributed by atoms with Gasteiger partial charge < -0.3 is 18.9 Å². The lowest BCUT2D eigenvalue weighted by atomic mass is 9.78. The molecule has 0 aliphatic rings. The molecular weight excluding hydrogens is 456 g/mol. The Balaban J connectivity index is 1.64. The summed E-state index contributed by atoms with van der Waals surface area (Å²) in [5.74, 6) is 1.26. The number of esters is 1. The summed E-state index contributed by atoms with van der Waals surface area (Å²) in [7, 11) is 0. The van der Waals surface area contributed by atoms with Crippen LogP contribution in [-0.4, -0.2) is 18.7 Å². The average molecular weight is 489 g/mol. The zero-order chi connectivity index (χ0) is 26.3. The minimum absolute atomic E-state index is 0.190. The number of benzene rings is 3. The van der Waals surface area contributed by atoms with Crippen molar-refractivity contribution in [3.8, 4) is 17.2 Å². The van der Waals surface area contributed by atoms with Crippen molar-refractivity contribution in [3.05, 3.63) is 96.1 Å². The number of hydrogen-bond acceptors (Lipinski definition) is 6. The van der Waals surface area contributed by atoms with Gasteiger partial charge in [-0.15, -0.1) is 0 Å². The van der Waals surface area contributed by atoms with E-state index in [2.05, 4.69) is 20.4 Å². The highest BCUT2D eigenvalue weighted by Crippen LogP contribution is 2.33. The van der Waals surface area contributed by atoms with Crippen LogP contribution in [0.5, 0.6) is 17.2 Å². The summed E-state index contributed by atoms with van der Waals surface area (Å²) in [4.78, 5) is 24.1. The van der Waals surface area contributed by atoms with Crippen LogP contribution in [0.3, 0.4) is 0 Å². The van der Waals surface area contributed by atoms with Gasteiger partial charge in [-0.25, -0.2) is 4.79 Å². The lowest BCUT2D eigenvalue weighted by molar-refractivity contribution is -0.137. The first-order chi connectivity index (χ1) is 17.1. The predicted molar refractivity (Wildman–Crippen MR) is 139 cm³/mol. The largest absolute Gasteiger partial charge is 0.519 e. The van der Waals surface area contributed by atoms with Crippen molar-refractivity contribution in [1.82, 2.24) is 0 Å². The summed E-state index contributed by atoms with van der Waals surface area (Å²) in [6.45, 7) is 14.0. The summed E-state index contributed by atoms with van der Waals surface area (Å²) < 4.78 is 21.4. The molecule has 0 spiro atoms. The molecule has 3 aromatic rings. The molecule has 0 fully saturated rings. The topological polar surface area (TPSA) is 71.1 Å². The van der Waals surface area contributed by atoms with Crippen LogP contribution in [0.25, 0.3) is 5.76 Å². The van der Waals surface area contributed by atoms with Gasteiger partial charge in [-0.05, 0) is 54.4 Å². The molecule has 0 aliphatic carbocycles. The second-order valence-electron chi connectivity index (χ2n) is 9.09. The fourth-order valence-corrected chi connectivity index (χ4v) is 3.48. The van der Waals surface area contributed by atoms with Gasteiger partial charge in [0.2, 0.25) is 0 Å². The Labute approximate surface area is 212 Å². The monoisotopic (exact) mass is 488 g/mol. The van der Waals surface area contributed by atoms with E-state index in [4.69, 9.17) is 18.9 Å². The van der Waals surface area contributed by atoms with Crippen molar-refractivity contribution in [3.63, 3.8) is 0 Å². The molecule has 36 heavy (non-hydrogen) atoms. The second-order valence-corrected chi connectivity index (χ2v) is 9.09. The van der Waals surface area contributed by atoms with Crippen molar-refractivity contribution in [2.24, 2.45) is 5.92 Å². The quantitative estimate of drug-likeness (QED) is 0.138. The number of carbonyl (C=O) groups excluding carboxylic acids is 2. The minimum atomic E-state index is -0.840. The zero-order valence-electron chi connectivity index (χ0n) is 21.4. The smallest absolute Gasteiger partial charge is 0.494 e. The van der Waals surface area contributed by atoms with Gasteiger partial charge in [0.25, 0.3) is 0 Å². The minimum Gasteiger partial charge on any atom is -0.494 e. The molecule has 0 atom stereocenters. The molecule has 6 nitrogen and oxygen atoms in total. The highest BCUT2D eigenvalue weighted by Gasteiger charge is 2.23. The fourth-order valence-electron chi connectivity index (χ4n) is 3.48. The first-order valence-electron chi connectivity index (χ1n) is 11.8. The first kappa shape index (κ1) is 26.5. The summed E-state index contributed by atoms with van der Waals surface area (Å²) in [5.41, 5.74) is 2.47. The van der Waals surface area contributed by atoms with E-state index in [9.17, 15) is 9.59 Å². The van der Waals surface area contributed by atoms with Gasteiger partial charge in [0, 0.05) is 11.0 Å². The first-order valence-corrected chi connectivity index (χ1v) is 11.8. The van der Waals surface area contributed by atoms with Crippen LogP contribution >= 0.6 is 0 Å². The van der Waals surface area contributed by atoms with Crippen molar-refractivity contribution in [2.75, 3.05) is 6.61 Å². The maximum absolute atomic E-state index is 12.3. The van der Waals surface area contributed by atoms with Crippen LogP contribution in [0.1, 0.15) is 51.3 Å². The summed E-state index contributed by atoms with van der Waals surface area (Å²) >= 11 is 0. The van der Waals surface area contributed by atoms with Crippen molar-refractivity contribution >= 4 is 17.9 Å². The Bertz CT molecular complexity index is 1210. The van der Waals surface area contributed by atoms with Crippen molar-refractivity contribution in [2.45, 2.75) is 40.0 Å². The van der Waals surface area contributed by atoms with Gasteiger partial charge in [-0.3, -0.25) is 4.79 Å². The number of rotatable bonds is 9. The predicted octanol–water partition coefficient (Wildman–Crippen LogP) is 7.16. The van der Waals surface area contributed by atoms with Crippen LogP contribution in [0.15, 0.2) is 79.4 Å². The molecule has 0 amide bonds. The van der Waals surface area contributed by atoms with Gasteiger partial charge in [-0.1, -0.05) is 70.7 Å². The molecule has 0 radical (unpaired) electrons. The highest BCUT2D eigenvalue weighted by molar-refractivity contribution is 5.74. The van der Waals surface area contributed by atoms with E-state index in [0.717, 1.165) is 16.7 Å². The molecule has 188 valence electrons. The van der Waals surface area contributed by atoms with E-state index in [1.165, 1.54) is 0 Å². The van der Waals surface area contributed by atoms with Gasteiger partial charge in [0.1, 0.15) is 23.0 Å². The Hall–Kier alpha value is -4.06.